The molecule has 1 aliphatic heterocycles. The second kappa shape index (κ2) is 5.92. The van der Waals surface area contributed by atoms with Crippen LogP contribution in [0.25, 0.3) is 0 Å². The van der Waals surface area contributed by atoms with Crippen molar-refractivity contribution in [3.63, 3.8) is 0 Å². The van der Waals surface area contributed by atoms with Crippen LogP contribution in [0.1, 0.15) is 12.8 Å². The van der Waals surface area contributed by atoms with Crippen LogP contribution in [-0.4, -0.2) is 35.1 Å². The molecule has 1 saturated heterocycles. The van der Waals surface area contributed by atoms with Crippen molar-refractivity contribution >= 4 is 23.5 Å². The average molecular weight is 285 g/mol. The molecule has 1 fully saturated rings. The lowest BCUT2D eigenvalue weighted by Gasteiger charge is -2.18. The van der Waals surface area contributed by atoms with Gasteiger partial charge >= 0.3 is 0 Å². The number of hydrazine groups is 1. The number of aromatic nitrogens is 3. The highest BCUT2D eigenvalue weighted by Crippen LogP contribution is 2.21. The van der Waals surface area contributed by atoms with E-state index in [0.29, 0.717) is 17.8 Å². The normalized spacial score (nSPS) is 14.3. The van der Waals surface area contributed by atoms with Crippen LogP contribution in [0, 0.1) is 0 Å². The second-order valence-corrected chi connectivity index (χ2v) is 5.06. The van der Waals surface area contributed by atoms with Crippen molar-refractivity contribution in [2.45, 2.75) is 12.8 Å². The van der Waals surface area contributed by atoms with E-state index in [1.165, 1.54) is 17.9 Å². The summed E-state index contributed by atoms with van der Waals surface area (Å²) in [4.78, 5) is 15.4. The van der Waals surface area contributed by atoms with Gasteiger partial charge in [-0.25, -0.2) is 5.84 Å². The zero-order valence-corrected chi connectivity index (χ0v) is 12.0. The second-order valence-electron chi connectivity index (χ2n) is 5.06. The lowest BCUT2D eigenvalue weighted by atomic mass is 10.3. The van der Waals surface area contributed by atoms with Gasteiger partial charge in [-0.1, -0.05) is 18.2 Å². The Kier molecular flexibility index (Phi) is 3.83. The Bertz CT molecular complexity index is 594. The lowest BCUT2D eigenvalue weighted by molar-refractivity contribution is 0.851. The monoisotopic (exact) mass is 285 g/mol. The van der Waals surface area contributed by atoms with Gasteiger partial charge in [-0.3, -0.25) is 5.01 Å². The van der Waals surface area contributed by atoms with E-state index in [1.807, 2.05) is 30.3 Å². The van der Waals surface area contributed by atoms with E-state index >= 15 is 0 Å². The molecular weight excluding hydrogens is 266 g/mol. The molecule has 2 aromatic rings. The fraction of sp³-hybridized carbons (Fsp3) is 0.357. The number of nitrogens with two attached hydrogens (primary N) is 1. The molecule has 1 aliphatic rings. The molecule has 0 amide bonds. The van der Waals surface area contributed by atoms with Gasteiger partial charge in [0.25, 0.3) is 0 Å². The van der Waals surface area contributed by atoms with Gasteiger partial charge in [-0.05, 0) is 25.0 Å². The minimum atomic E-state index is 0.449. The Labute approximate surface area is 123 Å². The minimum Gasteiger partial charge on any atom is -0.341 e. The van der Waals surface area contributed by atoms with Crippen LogP contribution in [0.15, 0.2) is 30.3 Å². The number of rotatable bonds is 4. The van der Waals surface area contributed by atoms with Crippen molar-refractivity contribution in [2.75, 3.05) is 35.4 Å². The molecule has 0 saturated carbocycles. The van der Waals surface area contributed by atoms with Crippen molar-refractivity contribution in [1.29, 1.82) is 0 Å². The van der Waals surface area contributed by atoms with Crippen molar-refractivity contribution in [1.82, 2.24) is 15.0 Å². The number of anilines is 4. The predicted octanol–water partition coefficient (Wildman–Crippen LogP) is 1.53. The van der Waals surface area contributed by atoms with Crippen LogP contribution >= 0.6 is 0 Å². The Morgan fingerprint density at radius 1 is 1.10 bits per heavy atom. The van der Waals surface area contributed by atoms with Crippen LogP contribution in [-0.2, 0) is 0 Å². The van der Waals surface area contributed by atoms with Crippen molar-refractivity contribution in [2.24, 2.45) is 5.84 Å². The summed E-state index contributed by atoms with van der Waals surface area (Å²) in [7, 11) is 1.72. The highest BCUT2D eigenvalue weighted by molar-refractivity contribution is 5.55. The summed E-state index contributed by atoms with van der Waals surface area (Å²) in [5.41, 5.74) is 0.932. The van der Waals surface area contributed by atoms with E-state index in [2.05, 4.69) is 25.2 Å². The molecule has 21 heavy (non-hydrogen) atoms. The van der Waals surface area contributed by atoms with Gasteiger partial charge in [0.15, 0.2) is 0 Å². The molecule has 3 rings (SSSR count). The fourth-order valence-electron chi connectivity index (χ4n) is 2.28. The van der Waals surface area contributed by atoms with Crippen molar-refractivity contribution in [3.05, 3.63) is 30.3 Å². The van der Waals surface area contributed by atoms with E-state index in [1.54, 1.807) is 7.05 Å². The van der Waals surface area contributed by atoms with Crippen LogP contribution in [0.4, 0.5) is 23.5 Å². The number of nitrogens with one attached hydrogen (secondary N) is 1. The summed E-state index contributed by atoms with van der Waals surface area (Å²) in [5.74, 6) is 7.41. The first-order valence-corrected chi connectivity index (χ1v) is 7.04. The molecule has 7 heteroatoms. The van der Waals surface area contributed by atoms with Gasteiger partial charge in [-0.15, -0.1) is 0 Å². The molecule has 1 aromatic heterocycles. The number of hydrogen-bond donors (Lipinski definition) is 2. The number of nitrogens with zero attached hydrogens (tertiary/aromatic N) is 5. The predicted molar refractivity (Wildman–Crippen MR) is 83.6 cm³/mol. The zero-order chi connectivity index (χ0) is 14.7. The average Bonchev–Trinajstić information content (AvgIpc) is 3.02. The molecule has 2 heterocycles. The maximum Gasteiger partial charge on any atom is 0.246 e. The van der Waals surface area contributed by atoms with Crippen molar-refractivity contribution < 1.29 is 0 Å². The molecule has 0 radical (unpaired) electrons. The Balaban J connectivity index is 1.91. The molecule has 1 aromatic carbocycles. The third-order valence-corrected chi connectivity index (χ3v) is 3.35. The summed E-state index contributed by atoms with van der Waals surface area (Å²) >= 11 is 0. The maximum absolute atomic E-state index is 5.78. The first-order valence-electron chi connectivity index (χ1n) is 7.04. The molecule has 3 N–H and O–H groups in total. The molecule has 0 spiro atoms. The maximum atomic E-state index is 5.78. The summed E-state index contributed by atoms with van der Waals surface area (Å²) in [6.07, 6.45) is 2.34. The summed E-state index contributed by atoms with van der Waals surface area (Å²) < 4.78 is 0. The van der Waals surface area contributed by atoms with E-state index in [9.17, 15) is 0 Å². The topological polar surface area (TPSA) is 83.2 Å². The minimum absolute atomic E-state index is 0.449. The molecule has 110 valence electrons. The zero-order valence-electron chi connectivity index (χ0n) is 12.0. The number of hydrogen-bond acceptors (Lipinski definition) is 7. The quantitative estimate of drug-likeness (QED) is 0.651. The van der Waals surface area contributed by atoms with Crippen LogP contribution < -0.4 is 21.1 Å². The van der Waals surface area contributed by atoms with Crippen LogP contribution in [0.3, 0.4) is 0 Å². The van der Waals surface area contributed by atoms with E-state index in [0.717, 1.165) is 18.8 Å². The SMILES string of the molecule is CN(N)c1nc(Nc2ccccc2)nc(N2CCCC2)n1. The fourth-order valence-corrected chi connectivity index (χ4v) is 2.28. The molecule has 0 unspecified atom stereocenters. The van der Waals surface area contributed by atoms with Gasteiger partial charge in [0, 0.05) is 25.8 Å². The molecule has 0 atom stereocenters. The first-order chi connectivity index (χ1) is 10.2. The van der Waals surface area contributed by atoms with Crippen molar-refractivity contribution in [3.8, 4) is 0 Å². The highest BCUT2D eigenvalue weighted by atomic mass is 15.5. The van der Waals surface area contributed by atoms with Crippen LogP contribution in [0.2, 0.25) is 0 Å². The standard InChI is InChI=1S/C14H19N7/c1-20(15)13-17-12(16-11-7-3-2-4-8-11)18-14(19-13)21-9-5-6-10-21/h2-4,7-8H,5-6,9-10,15H2,1H3,(H,16,17,18,19). The largest absolute Gasteiger partial charge is 0.341 e. The smallest absolute Gasteiger partial charge is 0.246 e. The lowest BCUT2D eigenvalue weighted by Crippen LogP contribution is -2.29. The Morgan fingerprint density at radius 2 is 1.81 bits per heavy atom. The summed E-state index contributed by atoms with van der Waals surface area (Å²) in [6, 6.07) is 9.81. The first kappa shape index (κ1) is 13.6. The van der Waals surface area contributed by atoms with E-state index < -0.39 is 0 Å². The molecule has 0 aliphatic carbocycles. The molecule has 7 nitrogen and oxygen atoms in total. The molecule has 0 bridgehead atoms. The number of benzene rings is 1. The Hall–Kier alpha value is -2.41. The third-order valence-electron chi connectivity index (χ3n) is 3.35. The highest BCUT2D eigenvalue weighted by Gasteiger charge is 2.18. The number of para-hydroxylation sites is 1. The summed E-state index contributed by atoms with van der Waals surface area (Å²) in [5, 5.41) is 4.59. The van der Waals surface area contributed by atoms with Gasteiger partial charge < -0.3 is 10.2 Å². The van der Waals surface area contributed by atoms with Gasteiger partial charge in [0.1, 0.15) is 0 Å². The van der Waals surface area contributed by atoms with E-state index in [-0.39, 0.29) is 0 Å². The van der Waals surface area contributed by atoms with Crippen LogP contribution in [0.5, 0.6) is 0 Å². The molecular formula is C14H19N7. The van der Waals surface area contributed by atoms with E-state index in [4.69, 9.17) is 5.84 Å². The Morgan fingerprint density at radius 3 is 2.48 bits per heavy atom. The van der Waals surface area contributed by atoms with Gasteiger partial charge in [0.05, 0.1) is 0 Å². The van der Waals surface area contributed by atoms with Gasteiger partial charge in [0.2, 0.25) is 17.8 Å². The van der Waals surface area contributed by atoms with Gasteiger partial charge in [-0.2, -0.15) is 15.0 Å². The summed E-state index contributed by atoms with van der Waals surface area (Å²) in [6.45, 7) is 1.95. The third kappa shape index (κ3) is 3.19.